The van der Waals surface area contributed by atoms with Crippen LogP contribution in [0.4, 0.5) is 14.5 Å². The fourth-order valence-corrected chi connectivity index (χ4v) is 1.21. The van der Waals surface area contributed by atoms with E-state index in [-0.39, 0.29) is 16.6 Å². The smallest absolute Gasteiger partial charge is 0.387 e. The zero-order valence-corrected chi connectivity index (χ0v) is 10.3. The summed E-state index contributed by atoms with van der Waals surface area (Å²) in [7, 11) is 0. The molecule has 1 rings (SSSR count). The number of hydrogen-bond donors (Lipinski definition) is 2. The van der Waals surface area contributed by atoms with Crippen LogP contribution in [0.15, 0.2) is 24.3 Å². The maximum absolute atomic E-state index is 11.9. The van der Waals surface area contributed by atoms with E-state index in [0.717, 1.165) is 0 Å². The van der Waals surface area contributed by atoms with Gasteiger partial charge in [0.05, 0.1) is 10.9 Å². The lowest BCUT2D eigenvalue weighted by Crippen LogP contribution is -2.30. The van der Waals surface area contributed by atoms with Crippen molar-refractivity contribution in [2.24, 2.45) is 11.7 Å². The van der Waals surface area contributed by atoms with Crippen LogP contribution in [0, 0.1) is 5.92 Å². The van der Waals surface area contributed by atoms with E-state index in [2.05, 4.69) is 10.1 Å². The number of halogens is 2. The Hall–Kier alpha value is -1.76. The van der Waals surface area contributed by atoms with Gasteiger partial charge in [-0.1, -0.05) is 12.2 Å². The molecule has 0 aliphatic rings. The van der Waals surface area contributed by atoms with Gasteiger partial charge in [0.15, 0.2) is 0 Å². The summed E-state index contributed by atoms with van der Waals surface area (Å²) in [6, 6.07) is 5.55. The average molecular weight is 274 g/mol. The second kappa shape index (κ2) is 6.25. The van der Waals surface area contributed by atoms with E-state index in [9.17, 15) is 13.6 Å². The lowest BCUT2D eigenvalue weighted by molar-refractivity contribution is -0.117. The molecule has 18 heavy (non-hydrogen) atoms. The lowest BCUT2D eigenvalue weighted by Gasteiger charge is -2.11. The maximum atomic E-state index is 11.9. The standard InChI is InChI=1S/C11H12F2N2O2S/c1-6(9(14)18)10(16)15-7-2-4-8(5-3-7)17-11(12)13/h2-6,11H,1H3,(H2,14,18)(H,15,16). The van der Waals surface area contributed by atoms with E-state index in [4.69, 9.17) is 18.0 Å². The number of carbonyl (C=O) groups is 1. The Bertz CT molecular complexity index is 437. The summed E-state index contributed by atoms with van der Waals surface area (Å²) >= 11 is 4.69. The number of hydrogen-bond acceptors (Lipinski definition) is 3. The Morgan fingerprint density at radius 2 is 1.94 bits per heavy atom. The molecule has 1 aromatic carbocycles. The summed E-state index contributed by atoms with van der Waals surface area (Å²) in [5.74, 6) is -0.938. The van der Waals surface area contributed by atoms with Crippen molar-refractivity contribution >= 4 is 28.8 Å². The zero-order chi connectivity index (χ0) is 13.7. The van der Waals surface area contributed by atoms with Gasteiger partial charge < -0.3 is 15.8 Å². The number of anilines is 1. The largest absolute Gasteiger partial charge is 0.435 e. The molecule has 0 aliphatic carbocycles. The maximum Gasteiger partial charge on any atom is 0.387 e. The van der Waals surface area contributed by atoms with Crippen LogP contribution in [-0.4, -0.2) is 17.5 Å². The molecule has 0 aromatic heterocycles. The van der Waals surface area contributed by atoms with Gasteiger partial charge in [-0.05, 0) is 31.2 Å². The molecule has 0 spiro atoms. The number of benzene rings is 1. The minimum Gasteiger partial charge on any atom is -0.435 e. The summed E-state index contributed by atoms with van der Waals surface area (Å²) in [6.45, 7) is -1.30. The molecular weight excluding hydrogens is 262 g/mol. The molecule has 0 aliphatic heterocycles. The summed E-state index contributed by atoms with van der Waals surface area (Å²) < 4.78 is 28.0. The third kappa shape index (κ3) is 4.25. The molecule has 98 valence electrons. The number of nitrogens with two attached hydrogens (primary N) is 1. The fraction of sp³-hybridized carbons (Fsp3) is 0.273. The van der Waals surface area contributed by atoms with E-state index in [0.29, 0.717) is 5.69 Å². The molecule has 3 N–H and O–H groups in total. The summed E-state index contributed by atoms with van der Waals surface area (Å²) in [6.07, 6.45) is 0. The van der Waals surface area contributed by atoms with Crippen molar-refractivity contribution < 1.29 is 18.3 Å². The van der Waals surface area contributed by atoms with Crippen LogP contribution in [0.2, 0.25) is 0 Å². The number of alkyl halides is 2. The second-order valence-electron chi connectivity index (χ2n) is 3.52. The van der Waals surface area contributed by atoms with Crippen molar-refractivity contribution in [1.29, 1.82) is 0 Å². The van der Waals surface area contributed by atoms with Crippen LogP contribution < -0.4 is 15.8 Å². The molecule has 7 heteroatoms. The molecule has 0 saturated heterocycles. The molecule has 1 unspecified atom stereocenters. The zero-order valence-electron chi connectivity index (χ0n) is 9.52. The van der Waals surface area contributed by atoms with Crippen molar-refractivity contribution in [3.05, 3.63) is 24.3 Å². The monoisotopic (exact) mass is 274 g/mol. The van der Waals surface area contributed by atoms with Gasteiger partial charge in [-0.25, -0.2) is 0 Å². The van der Waals surface area contributed by atoms with Gasteiger partial charge in [0.25, 0.3) is 0 Å². The van der Waals surface area contributed by atoms with Gasteiger partial charge in [0.1, 0.15) is 5.75 Å². The van der Waals surface area contributed by atoms with Crippen LogP contribution in [0.1, 0.15) is 6.92 Å². The molecule has 4 nitrogen and oxygen atoms in total. The van der Waals surface area contributed by atoms with Crippen LogP contribution in [0.5, 0.6) is 5.75 Å². The minimum absolute atomic E-state index is 0.0189. The average Bonchev–Trinajstić information content (AvgIpc) is 2.29. The first kappa shape index (κ1) is 14.3. The fourth-order valence-electron chi connectivity index (χ4n) is 1.10. The van der Waals surface area contributed by atoms with Crippen molar-refractivity contribution in [2.75, 3.05) is 5.32 Å². The summed E-state index contributed by atoms with van der Waals surface area (Å²) in [5.41, 5.74) is 5.79. The van der Waals surface area contributed by atoms with Crippen molar-refractivity contribution in [1.82, 2.24) is 0 Å². The number of nitrogens with one attached hydrogen (secondary N) is 1. The number of carbonyl (C=O) groups excluding carboxylic acids is 1. The van der Waals surface area contributed by atoms with Crippen LogP contribution in [0.3, 0.4) is 0 Å². The third-order valence-corrected chi connectivity index (χ3v) is 2.52. The number of ether oxygens (including phenoxy) is 1. The molecule has 0 saturated carbocycles. The highest BCUT2D eigenvalue weighted by atomic mass is 32.1. The molecule has 0 heterocycles. The van der Waals surface area contributed by atoms with Gasteiger partial charge in [-0.15, -0.1) is 0 Å². The molecule has 1 amide bonds. The molecular formula is C11H12F2N2O2S. The van der Waals surface area contributed by atoms with Crippen molar-refractivity contribution in [2.45, 2.75) is 13.5 Å². The van der Waals surface area contributed by atoms with E-state index < -0.39 is 12.5 Å². The Labute approximate surface area is 108 Å². The van der Waals surface area contributed by atoms with Crippen molar-refractivity contribution in [3.63, 3.8) is 0 Å². The van der Waals surface area contributed by atoms with Crippen LogP contribution >= 0.6 is 12.2 Å². The summed E-state index contributed by atoms with van der Waals surface area (Å²) in [5, 5.41) is 2.55. The Kier molecular flexibility index (Phi) is 4.96. The Morgan fingerprint density at radius 3 is 2.39 bits per heavy atom. The van der Waals surface area contributed by atoms with Gasteiger partial charge in [-0.3, -0.25) is 4.79 Å². The minimum atomic E-state index is -2.87. The second-order valence-corrected chi connectivity index (χ2v) is 3.99. The first-order valence-corrected chi connectivity index (χ1v) is 5.46. The number of amides is 1. The normalized spacial score (nSPS) is 12.0. The van der Waals surface area contributed by atoms with Gasteiger partial charge >= 0.3 is 6.61 Å². The molecule has 1 aromatic rings. The van der Waals surface area contributed by atoms with Crippen LogP contribution in [-0.2, 0) is 4.79 Å². The number of thiocarbonyl (C=S) groups is 1. The first-order chi connectivity index (χ1) is 8.40. The molecule has 0 fully saturated rings. The number of rotatable bonds is 5. The van der Waals surface area contributed by atoms with E-state index >= 15 is 0 Å². The predicted molar refractivity (Wildman–Crippen MR) is 67.7 cm³/mol. The van der Waals surface area contributed by atoms with Crippen molar-refractivity contribution in [3.8, 4) is 5.75 Å². The summed E-state index contributed by atoms with van der Waals surface area (Å²) in [4.78, 5) is 11.7. The van der Waals surface area contributed by atoms with Gasteiger partial charge in [0.2, 0.25) is 5.91 Å². The highest BCUT2D eigenvalue weighted by molar-refractivity contribution is 7.80. The van der Waals surface area contributed by atoms with Crippen LogP contribution in [0.25, 0.3) is 0 Å². The molecule has 0 radical (unpaired) electrons. The third-order valence-electron chi connectivity index (χ3n) is 2.17. The van der Waals surface area contributed by atoms with E-state index in [1.165, 1.54) is 24.3 Å². The Balaban J connectivity index is 2.64. The lowest BCUT2D eigenvalue weighted by atomic mass is 10.1. The van der Waals surface area contributed by atoms with E-state index in [1.54, 1.807) is 6.92 Å². The first-order valence-electron chi connectivity index (χ1n) is 5.05. The highest BCUT2D eigenvalue weighted by Gasteiger charge is 2.15. The SMILES string of the molecule is CC(C(=O)Nc1ccc(OC(F)F)cc1)C(N)=S. The topological polar surface area (TPSA) is 64.3 Å². The van der Waals surface area contributed by atoms with Gasteiger partial charge in [0, 0.05) is 5.69 Å². The quantitative estimate of drug-likeness (QED) is 0.807. The molecule has 1 atom stereocenters. The molecule has 0 bridgehead atoms. The van der Waals surface area contributed by atoms with Gasteiger partial charge in [-0.2, -0.15) is 8.78 Å². The Morgan fingerprint density at radius 1 is 1.39 bits per heavy atom. The highest BCUT2D eigenvalue weighted by Crippen LogP contribution is 2.18. The predicted octanol–water partition coefficient (Wildman–Crippen LogP) is 2.15. The van der Waals surface area contributed by atoms with E-state index in [1.807, 2.05) is 0 Å².